The third kappa shape index (κ3) is 3.37. The lowest BCUT2D eigenvalue weighted by Crippen LogP contribution is -2.40. The summed E-state index contributed by atoms with van der Waals surface area (Å²) in [7, 11) is 0. The summed E-state index contributed by atoms with van der Waals surface area (Å²) in [5.74, 6) is 0.388. The molecule has 3 atom stereocenters. The summed E-state index contributed by atoms with van der Waals surface area (Å²) in [6, 6.07) is 6.87. The van der Waals surface area contributed by atoms with Gasteiger partial charge in [0, 0.05) is 43.4 Å². The van der Waals surface area contributed by atoms with E-state index in [-0.39, 0.29) is 35.6 Å². The number of likely N-dealkylation sites (tertiary alicyclic amines) is 1. The topological polar surface area (TPSA) is 61.4 Å². The van der Waals surface area contributed by atoms with Gasteiger partial charge in [-0.05, 0) is 37.0 Å². The van der Waals surface area contributed by atoms with Crippen LogP contribution in [0.1, 0.15) is 37.2 Å². The van der Waals surface area contributed by atoms with Crippen molar-refractivity contribution in [3.63, 3.8) is 0 Å². The zero-order valence-electron chi connectivity index (χ0n) is 13.5. The molecule has 6 heteroatoms. The quantitative estimate of drug-likeness (QED) is 0.867. The Morgan fingerprint density at radius 2 is 2.17 bits per heavy atom. The fraction of sp³-hybridized carbons (Fsp3) is 0.556. The van der Waals surface area contributed by atoms with Gasteiger partial charge in [0.25, 0.3) is 0 Å². The molecule has 2 saturated carbocycles. The second-order valence-corrected chi connectivity index (χ2v) is 7.21. The zero-order chi connectivity index (χ0) is 16.7. The Bertz CT molecular complexity index is 661. The number of nitrogens with one attached hydrogen (secondary N) is 2. The molecule has 0 aromatic heterocycles. The highest BCUT2D eigenvalue weighted by Crippen LogP contribution is 2.40. The van der Waals surface area contributed by atoms with Crippen LogP contribution in [-0.2, 0) is 4.79 Å². The van der Waals surface area contributed by atoms with Gasteiger partial charge in [-0.2, -0.15) is 0 Å². The molecule has 5 nitrogen and oxygen atoms in total. The molecule has 3 aliphatic rings. The van der Waals surface area contributed by atoms with Gasteiger partial charge in [0.15, 0.2) is 0 Å². The molecule has 1 aromatic carbocycles. The first-order valence-electron chi connectivity index (χ1n) is 8.69. The highest BCUT2D eigenvalue weighted by Gasteiger charge is 2.41. The van der Waals surface area contributed by atoms with Gasteiger partial charge in [-0.1, -0.05) is 12.1 Å². The van der Waals surface area contributed by atoms with Crippen molar-refractivity contribution in [1.82, 2.24) is 15.5 Å². The first-order valence-corrected chi connectivity index (χ1v) is 8.69. The molecule has 2 N–H and O–H groups in total. The number of hydrogen-bond acceptors (Lipinski definition) is 2. The number of halogens is 1. The SMILES string of the molecule is O=C(NCC1CC(=O)N(C2CC2)C1)N[C@@H]1C[C@H]1c1cccc(F)c1. The lowest BCUT2D eigenvalue weighted by atomic mass is 10.1. The molecule has 1 unspecified atom stereocenters. The monoisotopic (exact) mass is 331 g/mol. The Labute approximate surface area is 140 Å². The molecule has 3 amide bonds. The van der Waals surface area contributed by atoms with E-state index in [1.165, 1.54) is 12.1 Å². The van der Waals surface area contributed by atoms with E-state index >= 15 is 0 Å². The second-order valence-electron chi connectivity index (χ2n) is 7.21. The van der Waals surface area contributed by atoms with E-state index in [1.807, 2.05) is 11.0 Å². The summed E-state index contributed by atoms with van der Waals surface area (Å²) >= 11 is 0. The fourth-order valence-corrected chi connectivity index (χ4v) is 3.60. The van der Waals surface area contributed by atoms with Crippen LogP contribution in [0, 0.1) is 11.7 Å². The molecule has 1 heterocycles. The highest BCUT2D eigenvalue weighted by molar-refractivity contribution is 5.80. The summed E-state index contributed by atoms with van der Waals surface area (Å²) in [5, 5.41) is 5.81. The second kappa shape index (κ2) is 6.07. The van der Waals surface area contributed by atoms with E-state index in [1.54, 1.807) is 6.07 Å². The molecular weight excluding hydrogens is 309 g/mol. The number of carbonyl (C=O) groups excluding carboxylic acids is 2. The van der Waals surface area contributed by atoms with E-state index in [9.17, 15) is 14.0 Å². The van der Waals surface area contributed by atoms with E-state index in [0.29, 0.717) is 19.0 Å². The number of carbonyl (C=O) groups is 2. The van der Waals surface area contributed by atoms with E-state index in [2.05, 4.69) is 10.6 Å². The van der Waals surface area contributed by atoms with Gasteiger partial charge in [0.2, 0.25) is 5.91 Å². The Kier molecular flexibility index (Phi) is 3.90. The minimum absolute atomic E-state index is 0.0694. The fourth-order valence-electron chi connectivity index (χ4n) is 3.60. The highest BCUT2D eigenvalue weighted by atomic mass is 19.1. The average molecular weight is 331 g/mol. The molecule has 4 rings (SSSR count). The van der Waals surface area contributed by atoms with Gasteiger partial charge < -0.3 is 15.5 Å². The van der Waals surface area contributed by atoms with Gasteiger partial charge in [-0.25, -0.2) is 9.18 Å². The number of benzene rings is 1. The van der Waals surface area contributed by atoms with Crippen LogP contribution in [0.25, 0.3) is 0 Å². The first-order chi connectivity index (χ1) is 11.6. The van der Waals surface area contributed by atoms with E-state index in [4.69, 9.17) is 0 Å². The summed E-state index contributed by atoms with van der Waals surface area (Å²) in [6.45, 7) is 1.29. The molecule has 2 aliphatic carbocycles. The summed E-state index contributed by atoms with van der Waals surface area (Å²) < 4.78 is 13.2. The molecule has 3 fully saturated rings. The van der Waals surface area contributed by atoms with Crippen LogP contribution in [0.3, 0.4) is 0 Å². The third-order valence-corrected chi connectivity index (χ3v) is 5.16. The number of amides is 3. The molecule has 0 bridgehead atoms. The minimum atomic E-state index is -0.242. The van der Waals surface area contributed by atoms with Crippen LogP contribution in [0.2, 0.25) is 0 Å². The minimum Gasteiger partial charge on any atom is -0.339 e. The molecule has 1 saturated heterocycles. The summed E-state index contributed by atoms with van der Waals surface area (Å²) in [5.41, 5.74) is 0.932. The molecule has 1 aliphatic heterocycles. The normalized spacial score (nSPS) is 28.8. The smallest absolute Gasteiger partial charge is 0.315 e. The van der Waals surface area contributed by atoms with Crippen LogP contribution < -0.4 is 10.6 Å². The lowest BCUT2D eigenvalue weighted by molar-refractivity contribution is -0.128. The van der Waals surface area contributed by atoms with Crippen molar-refractivity contribution < 1.29 is 14.0 Å². The van der Waals surface area contributed by atoms with Crippen LogP contribution >= 0.6 is 0 Å². The Hall–Kier alpha value is -2.11. The molecule has 1 aromatic rings. The largest absolute Gasteiger partial charge is 0.339 e. The maximum atomic E-state index is 13.2. The molecule has 128 valence electrons. The van der Waals surface area contributed by atoms with Crippen molar-refractivity contribution in [3.05, 3.63) is 35.6 Å². The zero-order valence-corrected chi connectivity index (χ0v) is 13.5. The number of hydrogen-bond donors (Lipinski definition) is 2. The molecule has 0 spiro atoms. The van der Waals surface area contributed by atoms with Crippen molar-refractivity contribution >= 4 is 11.9 Å². The summed E-state index contributed by atoms with van der Waals surface area (Å²) in [6.07, 6.45) is 3.62. The number of urea groups is 1. The van der Waals surface area contributed by atoms with E-state index in [0.717, 1.165) is 31.4 Å². The Balaban J connectivity index is 1.20. The van der Waals surface area contributed by atoms with Crippen molar-refractivity contribution in [2.24, 2.45) is 5.92 Å². The van der Waals surface area contributed by atoms with Gasteiger partial charge in [-0.3, -0.25) is 4.79 Å². The van der Waals surface area contributed by atoms with Gasteiger partial charge in [-0.15, -0.1) is 0 Å². The van der Waals surface area contributed by atoms with E-state index < -0.39 is 0 Å². The average Bonchev–Trinajstić information content (AvgIpc) is 3.46. The Morgan fingerprint density at radius 1 is 1.33 bits per heavy atom. The predicted octanol–water partition coefficient (Wildman–Crippen LogP) is 1.99. The number of rotatable bonds is 5. The van der Waals surface area contributed by atoms with Crippen LogP contribution in [0.5, 0.6) is 0 Å². The maximum Gasteiger partial charge on any atom is 0.315 e. The van der Waals surface area contributed by atoms with Crippen LogP contribution in [-0.4, -0.2) is 42.0 Å². The van der Waals surface area contributed by atoms with Gasteiger partial charge in [0.05, 0.1) is 0 Å². The Morgan fingerprint density at radius 3 is 2.92 bits per heavy atom. The van der Waals surface area contributed by atoms with Gasteiger partial charge in [0.1, 0.15) is 5.82 Å². The third-order valence-electron chi connectivity index (χ3n) is 5.16. The van der Waals surface area contributed by atoms with Crippen molar-refractivity contribution in [3.8, 4) is 0 Å². The van der Waals surface area contributed by atoms with Gasteiger partial charge >= 0.3 is 6.03 Å². The molecular formula is C18H22FN3O2. The maximum absolute atomic E-state index is 13.2. The van der Waals surface area contributed by atoms with Crippen LogP contribution in [0.15, 0.2) is 24.3 Å². The van der Waals surface area contributed by atoms with Crippen molar-refractivity contribution in [2.75, 3.05) is 13.1 Å². The summed E-state index contributed by atoms with van der Waals surface area (Å²) in [4.78, 5) is 25.9. The standard InChI is InChI=1S/C18H22FN3O2/c19-13-3-1-2-12(7-13)15-8-16(15)21-18(24)20-9-11-6-17(23)22(10-11)14-4-5-14/h1-3,7,11,14-16H,4-6,8-10H2,(H2,20,21,24)/t11?,15-,16+/m0/s1. The van der Waals surface area contributed by atoms with Crippen molar-refractivity contribution in [1.29, 1.82) is 0 Å². The molecule has 24 heavy (non-hydrogen) atoms. The first kappa shape index (κ1) is 15.4. The van der Waals surface area contributed by atoms with Crippen molar-refractivity contribution in [2.45, 2.75) is 43.7 Å². The number of nitrogens with zero attached hydrogens (tertiary/aromatic N) is 1. The molecule has 0 radical (unpaired) electrons. The van der Waals surface area contributed by atoms with Crippen LogP contribution in [0.4, 0.5) is 9.18 Å². The predicted molar refractivity (Wildman–Crippen MR) is 86.9 cm³/mol. The lowest BCUT2D eigenvalue weighted by Gasteiger charge is -2.15.